The van der Waals surface area contributed by atoms with E-state index in [1.54, 1.807) is 12.5 Å². The number of nitrogens with one attached hydrogen (secondary N) is 1. The molecule has 0 spiro atoms. The molecular weight excluding hydrogens is 202 g/mol. The molecule has 0 amide bonds. The van der Waals surface area contributed by atoms with Crippen LogP contribution < -0.4 is 5.32 Å². The van der Waals surface area contributed by atoms with Crippen molar-refractivity contribution in [2.24, 2.45) is 0 Å². The van der Waals surface area contributed by atoms with Crippen molar-refractivity contribution in [1.29, 1.82) is 0 Å². The third-order valence-electron chi connectivity index (χ3n) is 2.55. The Bertz CT molecular complexity index is 449. The van der Waals surface area contributed by atoms with Crippen LogP contribution in [0.3, 0.4) is 0 Å². The zero-order valence-electron chi connectivity index (χ0n) is 9.23. The zero-order valence-corrected chi connectivity index (χ0v) is 9.23. The highest BCUT2D eigenvalue weighted by Gasteiger charge is 2.02. The number of para-hydroxylation sites is 1. The van der Waals surface area contributed by atoms with Crippen LogP contribution in [0.2, 0.25) is 0 Å². The number of rotatable bonds is 4. The van der Waals surface area contributed by atoms with Gasteiger partial charge in [0.2, 0.25) is 0 Å². The maximum atomic E-state index is 9.80. The third-order valence-corrected chi connectivity index (χ3v) is 2.55. The minimum atomic E-state index is 0.377. The van der Waals surface area contributed by atoms with Gasteiger partial charge in [0.1, 0.15) is 5.75 Å². The monoisotopic (exact) mass is 217 g/mol. The van der Waals surface area contributed by atoms with Crippen molar-refractivity contribution in [3.63, 3.8) is 0 Å². The van der Waals surface area contributed by atoms with Gasteiger partial charge in [-0.3, -0.25) is 0 Å². The summed E-state index contributed by atoms with van der Waals surface area (Å²) in [5, 5.41) is 13.0. The normalized spacial score (nSPS) is 10.6. The molecule has 0 aliphatic heterocycles. The van der Waals surface area contributed by atoms with E-state index in [9.17, 15) is 5.11 Å². The minimum Gasteiger partial charge on any atom is -0.507 e. The number of aryl methyl sites for hydroxylation is 1. The van der Waals surface area contributed by atoms with E-state index < -0.39 is 0 Å². The quantitative estimate of drug-likeness (QED) is 0.827. The second-order valence-corrected chi connectivity index (χ2v) is 3.82. The number of hydrogen-bond acceptors (Lipinski definition) is 3. The molecule has 0 saturated carbocycles. The van der Waals surface area contributed by atoms with Crippen LogP contribution in [0.1, 0.15) is 16.7 Å². The van der Waals surface area contributed by atoms with Gasteiger partial charge in [-0.2, -0.15) is 0 Å². The fourth-order valence-corrected chi connectivity index (χ4v) is 1.60. The van der Waals surface area contributed by atoms with E-state index in [-0.39, 0.29) is 0 Å². The number of hydrogen-bond donors (Lipinski definition) is 2. The molecule has 0 unspecified atom stereocenters. The van der Waals surface area contributed by atoms with Crippen molar-refractivity contribution in [2.45, 2.75) is 20.0 Å². The Hall–Kier alpha value is -1.74. The van der Waals surface area contributed by atoms with Crippen molar-refractivity contribution in [2.75, 3.05) is 0 Å². The van der Waals surface area contributed by atoms with Crippen molar-refractivity contribution in [3.05, 3.63) is 53.5 Å². The Kier molecular flexibility index (Phi) is 3.27. The highest BCUT2D eigenvalue weighted by molar-refractivity contribution is 5.39. The summed E-state index contributed by atoms with van der Waals surface area (Å²) >= 11 is 0. The van der Waals surface area contributed by atoms with Crippen molar-refractivity contribution in [1.82, 2.24) is 5.32 Å². The largest absolute Gasteiger partial charge is 0.507 e. The topological polar surface area (TPSA) is 45.4 Å². The molecule has 0 atom stereocenters. The highest BCUT2D eigenvalue weighted by atomic mass is 16.3. The van der Waals surface area contributed by atoms with Gasteiger partial charge in [-0.15, -0.1) is 0 Å². The number of phenols is 1. The molecule has 0 fully saturated rings. The van der Waals surface area contributed by atoms with Crippen LogP contribution in [0.4, 0.5) is 0 Å². The van der Waals surface area contributed by atoms with E-state index in [4.69, 9.17) is 4.42 Å². The highest BCUT2D eigenvalue weighted by Crippen LogP contribution is 2.20. The summed E-state index contributed by atoms with van der Waals surface area (Å²) < 4.78 is 4.97. The summed E-state index contributed by atoms with van der Waals surface area (Å²) in [6.07, 6.45) is 3.37. The van der Waals surface area contributed by atoms with Crippen LogP contribution in [0.5, 0.6) is 5.75 Å². The van der Waals surface area contributed by atoms with E-state index in [1.165, 1.54) is 0 Å². The molecule has 0 saturated heterocycles. The molecule has 0 bridgehead atoms. The molecule has 3 nitrogen and oxygen atoms in total. The maximum absolute atomic E-state index is 9.80. The van der Waals surface area contributed by atoms with Crippen LogP contribution >= 0.6 is 0 Å². The predicted octanol–water partition coefficient (Wildman–Crippen LogP) is 2.58. The fourth-order valence-electron chi connectivity index (χ4n) is 1.60. The smallest absolute Gasteiger partial charge is 0.122 e. The first-order valence-corrected chi connectivity index (χ1v) is 5.26. The van der Waals surface area contributed by atoms with Crippen LogP contribution in [0, 0.1) is 6.92 Å². The molecule has 2 N–H and O–H groups in total. The zero-order chi connectivity index (χ0) is 11.4. The molecule has 1 aromatic heterocycles. The molecule has 16 heavy (non-hydrogen) atoms. The molecule has 0 aliphatic carbocycles. The van der Waals surface area contributed by atoms with Gasteiger partial charge in [0, 0.05) is 24.2 Å². The van der Waals surface area contributed by atoms with Gasteiger partial charge < -0.3 is 14.8 Å². The van der Waals surface area contributed by atoms with Crippen molar-refractivity contribution < 1.29 is 9.52 Å². The van der Waals surface area contributed by atoms with E-state index in [2.05, 4.69) is 5.32 Å². The van der Waals surface area contributed by atoms with Crippen LogP contribution in [0.15, 0.2) is 41.2 Å². The lowest BCUT2D eigenvalue weighted by Gasteiger charge is -2.07. The van der Waals surface area contributed by atoms with Crippen LogP contribution in [-0.4, -0.2) is 5.11 Å². The van der Waals surface area contributed by atoms with E-state index in [0.29, 0.717) is 12.3 Å². The average molecular weight is 217 g/mol. The second kappa shape index (κ2) is 4.86. The van der Waals surface area contributed by atoms with E-state index in [0.717, 1.165) is 23.2 Å². The number of furan rings is 1. The number of phenolic OH excluding ortho intramolecular Hbond substituents is 1. The standard InChI is InChI=1S/C13H15NO2/c1-10-3-2-4-12(13(10)15)8-14-7-11-5-6-16-9-11/h2-6,9,14-15H,7-8H2,1H3. The summed E-state index contributed by atoms with van der Waals surface area (Å²) in [4.78, 5) is 0. The van der Waals surface area contributed by atoms with Crippen LogP contribution in [0.25, 0.3) is 0 Å². The van der Waals surface area contributed by atoms with Gasteiger partial charge in [-0.1, -0.05) is 18.2 Å². The SMILES string of the molecule is Cc1cccc(CNCc2ccoc2)c1O. The van der Waals surface area contributed by atoms with Gasteiger partial charge in [-0.25, -0.2) is 0 Å². The minimum absolute atomic E-state index is 0.377. The van der Waals surface area contributed by atoms with Gasteiger partial charge in [-0.05, 0) is 18.6 Å². The molecule has 0 aliphatic rings. The summed E-state index contributed by atoms with van der Waals surface area (Å²) in [5.41, 5.74) is 2.93. The Labute approximate surface area is 94.7 Å². The Morgan fingerprint density at radius 2 is 2.12 bits per heavy atom. The lowest BCUT2D eigenvalue weighted by Crippen LogP contribution is -2.12. The average Bonchev–Trinajstić information content (AvgIpc) is 2.77. The summed E-state index contributed by atoms with van der Waals surface area (Å²) in [6, 6.07) is 7.69. The first kappa shape index (κ1) is 10.8. The van der Waals surface area contributed by atoms with Crippen LogP contribution in [-0.2, 0) is 13.1 Å². The predicted molar refractivity (Wildman–Crippen MR) is 62.1 cm³/mol. The second-order valence-electron chi connectivity index (χ2n) is 3.82. The number of aromatic hydroxyl groups is 1. The van der Waals surface area contributed by atoms with Crippen molar-refractivity contribution >= 4 is 0 Å². The molecule has 0 radical (unpaired) electrons. The van der Waals surface area contributed by atoms with Gasteiger partial charge in [0.25, 0.3) is 0 Å². The lowest BCUT2D eigenvalue weighted by molar-refractivity contribution is 0.460. The van der Waals surface area contributed by atoms with Gasteiger partial charge in [0.15, 0.2) is 0 Å². The fraction of sp³-hybridized carbons (Fsp3) is 0.231. The van der Waals surface area contributed by atoms with E-state index >= 15 is 0 Å². The van der Waals surface area contributed by atoms with Gasteiger partial charge in [0.05, 0.1) is 12.5 Å². The first-order valence-electron chi connectivity index (χ1n) is 5.26. The lowest BCUT2D eigenvalue weighted by atomic mass is 10.1. The third kappa shape index (κ3) is 2.44. The Morgan fingerprint density at radius 3 is 2.88 bits per heavy atom. The molecule has 1 aromatic carbocycles. The van der Waals surface area contributed by atoms with E-state index in [1.807, 2.05) is 31.2 Å². The Balaban J connectivity index is 1.92. The maximum Gasteiger partial charge on any atom is 0.122 e. The Morgan fingerprint density at radius 1 is 1.25 bits per heavy atom. The number of benzene rings is 1. The molecule has 1 heterocycles. The summed E-state index contributed by atoms with van der Waals surface area (Å²) in [6.45, 7) is 3.29. The van der Waals surface area contributed by atoms with Crippen molar-refractivity contribution in [3.8, 4) is 5.75 Å². The molecular formula is C13H15NO2. The summed E-state index contributed by atoms with van der Waals surface area (Å²) in [5.74, 6) is 0.377. The summed E-state index contributed by atoms with van der Waals surface area (Å²) in [7, 11) is 0. The molecule has 2 rings (SSSR count). The molecule has 84 valence electrons. The molecule has 3 heteroatoms. The first-order chi connectivity index (χ1) is 7.77. The van der Waals surface area contributed by atoms with Gasteiger partial charge >= 0.3 is 0 Å². The molecule has 2 aromatic rings.